The number of hydrogen-bond donors (Lipinski definition) is 2. The highest BCUT2D eigenvalue weighted by Gasteiger charge is 2.28. The lowest BCUT2D eigenvalue weighted by molar-refractivity contribution is -0.118. The van der Waals surface area contributed by atoms with E-state index in [9.17, 15) is 4.79 Å². The van der Waals surface area contributed by atoms with Gasteiger partial charge in [-0.3, -0.25) is 4.79 Å². The number of hydrogen-bond acceptors (Lipinski definition) is 7. The summed E-state index contributed by atoms with van der Waals surface area (Å²) < 4.78 is 5.33. The molecule has 3 aromatic rings. The van der Waals surface area contributed by atoms with Gasteiger partial charge in [0.25, 0.3) is 0 Å². The third-order valence-corrected chi connectivity index (χ3v) is 6.71. The normalized spacial score (nSPS) is 15.7. The van der Waals surface area contributed by atoms with E-state index in [1.807, 2.05) is 12.1 Å². The van der Waals surface area contributed by atoms with E-state index >= 15 is 0 Å². The van der Waals surface area contributed by atoms with Gasteiger partial charge in [0.15, 0.2) is 0 Å². The number of aromatic nitrogens is 2. The van der Waals surface area contributed by atoms with Crippen molar-refractivity contribution in [2.24, 2.45) is 5.92 Å². The summed E-state index contributed by atoms with van der Waals surface area (Å²) in [6.45, 7) is 4.84. The van der Waals surface area contributed by atoms with Crippen molar-refractivity contribution in [2.75, 3.05) is 38.2 Å². The van der Waals surface area contributed by atoms with E-state index in [0.29, 0.717) is 12.5 Å². The number of ether oxygens (including phenoxy) is 1. The van der Waals surface area contributed by atoms with E-state index in [-0.39, 0.29) is 11.9 Å². The predicted molar refractivity (Wildman–Crippen MR) is 125 cm³/mol. The van der Waals surface area contributed by atoms with E-state index in [2.05, 4.69) is 49.1 Å². The number of nitrogens with zero attached hydrogens (tertiary/aromatic N) is 3. The third-order valence-electron chi connectivity index (χ3n) is 5.89. The molecule has 1 amide bonds. The first kappa shape index (κ1) is 21.5. The Morgan fingerprint density at radius 1 is 1.19 bits per heavy atom. The Labute approximate surface area is 186 Å². The Balaban J connectivity index is 1.45. The fraction of sp³-hybridized carbons (Fsp3) is 0.435. The van der Waals surface area contributed by atoms with Crippen LogP contribution >= 0.6 is 11.3 Å². The number of amides is 1. The highest BCUT2D eigenvalue weighted by atomic mass is 32.1. The summed E-state index contributed by atoms with van der Waals surface area (Å²) in [7, 11) is 1.69. The minimum atomic E-state index is 0.000650. The van der Waals surface area contributed by atoms with E-state index in [1.54, 1.807) is 31.7 Å². The fourth-order valence-corrected chi connectivity index (χ4v) is 5.04. The first-order valence-electron chi connectivity index (χ1n) is 10.7. The molecule has 0 saturated carbocycles. The molecule has 1 aliphatic rings. The molecule has 1 fully saturated rings. The lowest BCUT2D eigenvalue weighted by Crippen LogP contribution is -2.41. The molecule has 3 heterocycles. The van der Waals surface area contributed by atoms with Crippen molar-refractivity contribution >= 4 is 33.3 Å². The van der Waals surface area contributed by atoms with Crippen molar-refractivity contribution in [3.8, 4) is 5.75 Å². The summed E-state index contributed by atoms with van der Waals surface area (Å²) in [5, 5.41) is 9.78. The molecule has 0 aliphatic carbocycles. The van der Waals surface area contributed by atoms with Crippen LogP contribution in [0, 0.1) is 5.92 Å². The van der Waals surface area contributed by atoms with Crippen molar-refractivity contribution in [1.29, 1.82) is 0 Å². The molecule has 4 rings (SSSR count). The average Bonchev–Trinajstić information content (AvgIpc) is 3.28. The van der Waals surface area contributed by atoms with Crippen LogP contribution in [0.4, 0.5) is 5.82 Å². The number of carbonyl (C=O) groups is 1. The predicted octanol–water partition coefficient (Wildman–Crippen LogP) is 3.38. The smallest absolute Gasteiger partial charge is 0.216 e. The van der Waals surface area contributed by atoms with Gasteiger partial charge in [0.1, 0.15) is 22.7 Å². The molecule has 0 radical (unpaired) electrons. The van der Waals surface area contributed by atoms with Gasteiger partial charge in [0.05, 0.1) is 12.5 Å². The van der Waals surface area contributed by atoms with Gasteiger partial charge in [-0.05, 0) is 47.9 Å². The molecule has 164 valence electrons. The number of methoxy groups -OCH3 is 1. The number of thiophene rings is 1. The monoisotopic (exact) mass is 439 g/mol. The van der Waals surface area contributed by atoms with Crippen LogP contribution in [0.5, 0.6) is 5.75 Å². The van der Waals surface area contributed by atoms with Gasteiger partial charge in [-0.2, -0.15) is 0 Å². The second-order valence-corrected chi connectivity index (χ2v) is 8.74. The molecule has 2 N–H and O–H groups in total. The molecule has 31 heavy (non-hydrogen) atoms. The van der Waals surface area contributed by atoms with E-state index < -0.39 is 0 Å². The van der Waals surface area contributed by atoms with Gasteiger partial charge in [0.2, 0.25) is 5.91 Å². The highest BCUT2D eigenvalue weighted by molar-refractivity contribution is 7.16. The topological polar surface area (TPSA) is 79.4 Å². The summed E-state index contributed by atoms with van der Waals surface area (Å²) in [5.74, 6) is 2.41. The number of benzene rings is 1. The Bertz CT molecular complexity index is 999. The van der Waals surface area contributed by atoms with Crippen LogP contribution in [0.2, 0.25) is 0 Å². The van der Waals surface area contributed by atoms with Gasteiger partial charge in [-0.15, -0.1) is 11.3 Å². The van der Waals surface area contributed by atoms with Gasteiger partial charge < -0.3 is 20.3 Å². The molecule has 1 saturated heterocycles. The van der Waals surface area contributed by atoms with Crippen LogP contribution in [0.15, 0.2) is 42.0 Å². The lowest BCUT2D eigenvalue weighted by Gasteiger charge is -2.37. The fourth-order valence-electron chi connectivity index (χ4n) is 4.31. The zero-order valence-electron chi connectivity index (χ0n) is 18.0. The number of nitrogens with one attached hydrogen (secondary N) is 2. The standard InChI is InChI=1S/C23H29N5O2S/c1-16(29)24-10-11-25-21(17-3-5-19(30-2)6-4-17)18-7-12-28(13-8-18)22-20-9-14-31-23(20)27-15-26-22/h3-6,9,14-15,18,21,25H,7-8,10-13H2,1-2H3,(H,24,29). The molecular formula is C23H29N5O2S. The summed E-state index contributed by atoms with van der Waals surface area (Å²) in [6.07, 6.45) is 3.81. The lowest BCUT2D eigenvalue weighted by atomic mass is 9.85. The highest BCUT2D eigenvalue weighted by Crippen LogP contribution is 2.35. The van der Waals surface area contributed by atoms with Gasteiger partial charge >= 0.3 is 0 Å². The molecule has 0 bridgehead atoms. The summed E-state index contributed by atoms with van der Waals surface area (Å²) >= 11 is 1.66. The Kier molecular flexibility index (Phi) is 6.99. The van der Waals surface area contributed by atoms with Crippen LogP contribution in [0.1, 0.15) is 31.4 Å². The molecule has 1 aromatic carbocycles. The summed E-state index contributed by atoms with van der Waals surface area (Å²) in [4.78, 5) is 23.6. The van der Waals surface area contributed by atoms with Crippen molar-refractivity contribution in [3.05, 3.63) is 47.6 Å². The second-order valence-electron chi connectivity index (χ2n) is 7.85. The Hall–Kier alpha value is -2.71. The molecule has 2 aromatic heterocycles. The number of rotatable bonds is 8. The Morgan fingerprint density at radius 2 is 1.97 bits per heavy atom. The number of carbonyl (C=O) groups excluding carboxylic acids is 1. The van der Waals surface area contributed by atoms with Gasteiger partial charge in [-0.1, -0.05) is 12.1 Å². The SMILES string of the molecule is COc1ccc(C(NCCNC(C)=O)C2CCN(c3ncnc4sccc34)CC2)cc1. The maximum Gasteiger partial charge on any atom is 0.216 e. The van der Waals surface area contributed by atoms with E-state index in [1.165, 1.54) is 5.56 Å². The number of anilines is 1. The number of fused-ring (bicyclic) bond motifs is 1. The van der Waals surface area contributed by atoms with Crippen LogP contribution in [0.3, 0.4) is 0 Å². The Morgan fingerprint density at radius 3 is 2.68 bits per heavy atom. The van der Waals surface area contributed by atoms with Crippen LogP contribution in [-0.4, -0.2) is 49.2 Å². The van der Waals surface area contributed by atoms with E-state index in [0.717, 1.165) is 54.3 Å². The zero-order chi connectivity index (χ0) is 21.6. The van der Waals surface area contributed by atoms with Crippen molar-refractivity contribution in [2.45, 2.75) is 25.8 Å². The molecule has 8 heteroatoms. The van der Waals surface area contributed by atoms with Crippen molar-refractivity contribution in [1.82, 2.24) is 20.6 Å². The third kappa shape index (κ3) is 5.14. The quantitative estimate of drug-likeness (QED) is 0.524. The van der Waals surface area contributed by atoms with Crippen molar-refractivity contribution in [3.63, 3.8) is 0 Å². The van der Waals surface area contributed by atoms with Crippen LogP contribution in [-0.2, 0) is 4.79 Å². The largest absolute Gasteiger partial charge is 0.497 e. The van der Waals surface area contributed by atoms with Crippen molar-refractivity contribution < 1.29 is 9.53 Å². The van der Waals surface area contributed by atoms with Crippen LogP contribution < -0.4 is 20.3 Å². The van der Waals surface area contributed by atoms with E-state index in [4.69, 9.17) is 4.74 Å². The minimum absolute atomic E-state index is 0.000650. The second kappa shape index (κ2) is 10.1. The number of piperidine rings is 1. The zero-order valence-corrected chi connectivity index (χ0v) is 18.8. The minimum Gasteiger partial charge on any atom is -0.497 e. The van der Waals surface area contributed by atoms with Gasteiger partial charge in [0, 0.05) is 39.1 Å². The maximum atomic E-state index is 11.2. The molecular weight excluding hydrogens is 410 g/mol. The molecule has 1 atom stereocenters. The molecule has 1 unspecified atom stereocenters. The molecule has 7 nitrogen and oxygen atoms in total. The van der Waals surface area contributed by atoms with Gasteiger partial charge in [-0.25, -0.2) is 9.97 Å². The molecule has 1 aliphatic heterocycles. The summed E-state index contributed by atoms with van der Waals surface area (Å²) in [5.41, 5.74) is 1.25. The maximum absolute atomic E-state index is 11.2. The first-order valence-corrected chi connectivity index (χ1v) is 11.6. The first-order chi connectivity index (χ1) is 15.2. The average molecular weight is 440 g/mol. The van der Waals surface area contributed by atoms with Crippen LogP contribution in [0.25, 0.3) is 10.2 Å². The molecule has 0 spiro atoms. The summed E-state index contributed by atoms with van der Waals surface area (Å²) in [6, 6.07) is 10.7.